The second-order valence-corrected chi connectivity index (χ2v) is 2.50. The molecule has 0 aliphatic heterocycles. The average Bonchev–Trinajstić information content (AvgIpc) is 2.37. The van der Waals surface area contributed by atoms with Crippen molar-refractivity contribution < 1.29 is 4.57 Å². The Morgan fingerprint density at radius 3 is 3.09 bits per heavy atom. The van der Waals surface area contributed by atoms with Gasteiger partial charge in [-0.2, -0.15) is 5.26 Å². The average molecular weight is 150 g/mol. The van der Waals surface area contributed by atoms with Gasteiger partial charge < -0.3 is 0 Å². The normalized spacial score (nSPS) is 9.45. The predicted molar refractivity (Wildman–Crippen MR) is 40.6 cm³/mol. The minimum absolute atomic E-state index is 0.637. The van der Waals surface area contributed by atoms with Crippen LogP contribution in [0, 0.1) is 18.3 Å². The van der Waals surface area contributed by atoms with Gasteiger partial charge in [0.1, 0.15) is 12.4 Å². The first-order valence-electron chi connectivity index (χ1n) is 3.75. The Bertz CT molecular complexity index is 257. The summed E-state index contributed by atoms with van der Waals surface area (Å²) in [5.41, 5.74) is 0. The summed E-state index contributed by atoms with van der Waals surface area (Å²) >= 11 is 0. The van der Waals surface area contributed by atoms with Crippen LogP contribution in [0.1, 0.15) is 18.7 Å². The molecule has 0 saturated carbocycles. The van der Waals surface area contributed by atoms with E-state index in [1.807, 2.05) is 19.3 Å². The Morgan fingerprint density at radius 1 is 1.73 bits per heavy atom. The molecule has 1 aromatic rings. The fourth-order valence-electron chi connectivity index (χ4n) is 1.01. The van der Waals surface area contributed by atoms with Crippen LogP contribution in [0.15, 0.2) is 12.4 Å². The Hall–Kier alpha value is -1.30. The van der Waals surface area contributed by atoms with E-state index in [-0.39, 0.29) is 0 Å². The summed E-state index contributed by atoms with van der Waals surface area (Å²) in [6.07, 6.45) is 5.46. The highest BCUT2D eigenvalue weighted by Gasteiger charge is 2.02. The van der Waals surface area contributed by atoms with Crippen LogP contribution in [0.5, 0.6) is 0 Å². The van der Waals surface area contributed by atoms with E-state index in [2.05, 4.69) is 15.6 Å². The minimum atomic E-state index is 0.637. The van der Waals surface area contributed by atoms with Crippen LogP contribution in [-0.2, 0) is 6.54 Å². The van der Waals surface area contributed by atoms with E-state index in [9.17, 15) is 0 Å². The van der Waals surface area contributed by atoms with Crippen LogP contribution in [0.2, 0.25) is 0 Å². The third-order valence-electron chi connectivity index (χ3n) is 1.67. The number of aryl methyl sites for hydroxylation is 2. The van der Waals surface area contributed by atoms with Crippen molar-refractivity contribution in [3.8, 4) is 6.07 Å². The topological polar surface area (TPSA) is 43.5 Å². The van der Waals surface area contributed by atoms with E-state index in [1.165, 1.54) is 0 Å². The van der Waals surface area contributed by atoms with Gasteiger partial charge in [-0.1, -0.05) is 0 Å². The van der Waals surface area contributed by atoms with Gasteiger partial charge in [-0.05, 0) is 6.42 Å². The summed E-state index contributed by atoms with van der Waals surface area (Å²) in [5, 5.41) is 8.30. The van der Waals surface area contributed by atoms with Crippen LogP contribution >= 0.6 is 0 Å². The molecule has 0 aromatic carbocycles. The lowest BCUT2D eigenvalue weighted by Crippen LogP contribution is -2.34. The maximum atomic E-state index is 8.30. The van der Waals surface area contributed by atoms with Crippen LogP contribution in [0.25, 0.3) is 0 Å². The number of nitrogens with zero attached hydrogens (tertiary/aromatic N) is 2. The summed E-state index contributed by atoms with van der Waals surface area (Å²) in [6.45, 7) is 2.95. The van der Waals surface area contributed by atoms with Crippen molar-refractivity contribution in [3.63, 3.8) is 0 Å². The molecule has 0 radical (unpaired) electrons. The molecule has 1 rings (SSSR count). The maximum absolute atomic E-state index is 8.30. The van der Waals surface area contributed by atoms with Gasteiger partial charge in [-0.3, -0.25) is 0 Å². The largest absolute Gasteiger partial charge is 0.251 e. The number of rotatable bonds is 3. The van der Waals surface area contributed by atoms with E-state index < -0.39 is 0 Å². The van der Waals surface area contributed by atoms with Crippen molar-refractivity contribution in [3.05, 3.63) is 18.2 Å². The fraction of sp³-hybridized carbons (Fsp3) is 0.500. The first-order valence-corrected chi connectivity index (χ1v) is 3.75. The molecule has 0 saturated heterocycles. The summed E-state index contributed by atoms with van der Waals surface area (Å²) in [6, 6.07) is 2.13. The highest BCUT2D eigenvalue weighted by Crippen LogP contribution is 1.88. The summed E-state index contributed by atoms with van der Waals surface area (Å²) < 4.78 is 2.11. The molecule has 0 aliphatic rings. The molecule has 1 N–H and O–H groups in total. The molecule has 11 heavy (non-hydrogen) atoms. The van der Waals surface area contributed by atoms with Crippen LogP contribution in [-0.4, -0.2) is 4.98 Å². The van der Waals surface area contributed by atoms with Gasteiger partial charge in [0.15, 0.2) is 0 Å². The van der Waals surface area contributed by atoms with Gasteiger partial charge in [0.25, 0.3) is 5.82 Å². The van der Waals surface area contributed by atoms with Crippen molar-refractivity contribution in [1.29, 1.82) is 5.26 Å². The van der Waals surface area contributed by atoms with Gasteiger partial charge in [0, 0.05) is 13.3 Å². The number of hydrogen-bond acceptors (Lipinski definition) is 1. The van der Waals surface area contributed by atoms with Crippen LogP contribution in [0.4, 0.5) is 0 Å². The first-order chi connectivity index (χ1) is 5.34. The molecule has 58 valence electrons. The zero-order valence-corrected chi connectivity index (χ0v) is 6.67. The highest BCUT2D eigenvalue weighted by molar-refractivity contribution is 4.71. The smallest absolute Gasteiger partial charge is 0.248 e. The minimum Gasteiger partial charge on any atom is -0.248 e. The standard InChI is InChI=1S/C8H11N3/c1-8-10-5-7-11(8)6-3-2-4-9/h5,7H,2-3,6H2,1H3/p+1. The van der Waals surface area contributed by atoms with E-state index in [4.69, 9.17) is 5.26 Å². The fourth-order valence-corrected chi connectivity index (χ4v) is 1.01. The molecule has 1 aromatic heterocycles. The first kappa shape index (κ1) is 7.80. The molecule has 0 fully saturated rings. The van der Waals surface area contributed by atoms with E-state index in [0.29, 0.717) is 6.42 Å². The van der Waals surface area contributed by atoms with Crippen molar-refractivity contribution in [1.82, 2.24) is 4.98 Å². The number of nitriles is 1. The third kappa shape index (κ3) is 2.08. The number of imidazole rings is 1. The molecule has 0 atom stereocenters. The van der Waals surface area contributed by atoms with Crippen molar-refractivity contribution in [2.75, 3.05) is 0 Å². The predicted octanol–water partition coefficient (Wildman–Crippen LogP) is 0.914. The maximum Gasteiger partial charge on any atom is 0.251 e. The molecule has 3 heteroatoms. The lowest BCUT2D eigenvalue weighted by molar-refractivity contribution is -0.701. The lowest BCUT2D eigenvalue weighted by Gasteiger charge is -1.92. The van der Waals surface area contributed by atoms with E-state index >= 15 is 0 Å². The zero-order chi connectivity index (χ0) is 8.10. The molecule has 0 unspecified atom stereocenters. The zero-order valence-electron chi connectivity index (χ0n) is 6.67. The number of H-pyrrole nitrogens is 1. The Morgan fingerprint density at radius 2 is 2.55 bits per heavy atom. The Labute approximate surface area is 66.3 Å². The van der Waals surface area contributed by atoms with Gasteiger partial charge in [-0.15, -0.1) is 0 Å². The summed E-state index contributed by atoms with van der Waals surface area (Å²) in [4.78, 5) is 3.08. The quantitative estimate of drug-likeness (QED) is 0.505. The third-order valence-corrected chi connectivity index (χ3v) is 1.67. The van der Waals surface area contributed by atoms with Gasteiger partial charge in [0.05, 0.1) is 12.6 Å². The molecule has 0 aliphatic carbocycles. The second kappa shape index (κ2) is 3.77. The summed E-state index contributed by atoms with van der Waals surface area (Å²) in [7, 11) is 0. The number of hydrogen-bond donors (Lipinski definition) is 1. The highest BCUT2D eigenvalue weighted by atomic mass is 15.0. The monoisotopic (exact) mass is 150 g/mol. The number of nitrogens with one attached hydrogen (secondary N) is 1. The molecule has 3 nitrogen and oxygen atoms in total. The van der Waals surface area contributed by atoms with Crippen molar-refractivity contribution in [2.45, 2.75) is 26.3 Å². The molecule has 0 spiro atoms. The van der Waals surface area contributed by atoms with Gasteiger partial charge in [0.2, 0.25) is 0 Å². The van der Waals surface area contributed by atoms with Crippen molar-refractivity contribution >= 4 is 0 Å². The van der Waals surface area contributed by atoms with Crippen LogP contribution in [0.3, 0.4) is 0 Å². The Kier molecular flexibility index (Phi) is 2.67. The van der Waals surface area contributed by atoms with E-state index in [1.54, 1.807) is 0 Å². The Balaban J connectivity index is 2.40. The van der Waals surface area contributed by atoms with E-state index in [0.717, 1.165) is 18.8 Å². The molecular formula is C8H12N3+. The van der Waals surface area contributed by atoms with Gasteiger partial charge in [-0.25, -0.2) is 9.55 Å². The van der Waals surface area contributed by atoms with Crippen molar-refractivity contribution in [2.24, 2.45) is 0 Å². The molecule has 0 bridgehead atoms. The number of aromatic amines is 1. The van der Waals surface area contributed by atoms with Gasteiger partial charge >= 0.3 is 0 Å². The molecular weight excluding hydrogens is 138 g/mol. The number of aromatic nitrogens is 2. The molecule has 0 amide bonds. The molecule has 1 heterocycles. The summed E-state index contributed by atoms with van der Waals surface area (Å²) in [5.74, 6) is 1.14. The lowest BCUT2D eigenvalue weighted by atomic mass is 10.3. The SMILES string of the molecule is Cc1[nH]cc[n+]1CCCC#N. The second-order valence-electron chi connectivity index (χ2n) is 2.50. The number of unbranched alkanes of at least 4 members (excludes halogenated alkanes) is 1. The van der Waals surface area contributed by atoms with Crippen LogP contribution < -0.4 is 4.57 Å².